The van der Waals surface area contributed by atoms with E-state index in [1.54, 1.807) is 19.4 Å². The number of halogens is 1. The van der Waals surface area contributed by atoms with Gasteiger partial charge in [-0.3, -0.25) is 4.98 Å². The molecule has 0 radical (unpaired) electrons. The van der Waals surface area contributed by atoms with Gasteiger partial charge in [0.25, 0.3) is 0 Å². The molecule has 2 aromatic heterocycles. The van der Waals surface area contributed by atoms with E-state index in [0.29, 0.717) is 29.9 Å². The molecule has 1 atom stereocenters. The van der Waals surface area contributed by atoms with Crippen LogP contribution in [0.15, 0.2) is 48.7 Å². The Bertz CT molecular complexity index is 1080. The lowest BCUT2D eigenvalue weighted by atomic mass is 10.1. The van der Waals surface area contributed by atoms with Crippen LogP contribution in [0.4, 0.5) is 4.79 Å². The smallest absolute Gasteiger partial charge is 0.407 e. The Morgan fingerprint density at radius 2 is 2.09 bits per heavy atom. The second-order valence-corrected chi connectivity index (χ2v) is 8.57. The maximum atomic E-state index is 11.8. The second-order valence-electron chi connectivity index (χ2n) is 8.16. The Kier molecular flexibility index (Phi) is 7.07. The topological polar surface area (TPSA) is 78.8 Å². The molecule has 1 saturated heterocycles. The number of carboxylic acid groups (broad SMARTS) is 1. The summed E-state index contributed by atoms with van der Waals surface area (Å²) >= 11 is 6.46. The Hall–Kier alpha value is -2.90. The minimum Gasteiger partial charge on any atom is -0.481 e. The molecule has 0 saturated carbocycles. The lowest BCUT2D eigenvalue weighted by Crippen LogP contribution is -2.35. The van der Waals surface area contributed by atoms with E-state index in [0.717, 1.165) is 54.6 Å². The third kappa shape index (κ3) is 5.29. The Morgan fingerprint density at radius 1 is 1.28 bits per heavy atom. The normalized spacial score (nSPS) is 16.4. The molecule has 4 rings (SSSR count). The van der Waals surface area contributed by atoms with Crippen molar-refractivity contribution in [1.29, 1.82) is 0 Å². The summed E-state index contributed by atoms with van der Waals surface area (Å²) in [7, 11) is 1.59. The summed E-state index contributed by atoms with van der Waals surface area (Å²) in [5, 5.41) is 10.3. The number of carbonyl (C=O) groups is 1. The van der Waals surface area contributed by atoms with Gasteiger partial charge in [-0.1, -0.05) is 41.9 Å². The molecule has 1 aliphatic rings. The Morgan fingerprint density at radius 3 is 2.84 bits per heavy atom. The molecular formula is C24H27ClN4O3. The number of ether oxygens (including phenoxy) is 1. The average molecular weight is 455 g/mol. The lowest BCUT2D eigenvalue weighted by molar-refractivity contribution is 0.133. The van der Waals surface area contributed by atoms with E-state index in [2.05, 4.69) is 14.9 Å². The number of nitrogens with zero attached hydrogens (tertiary/aromatic N) is 4. The summed E-state index contributed by atoms with van der Waals surface area (Å²) in [6.07, 6.45) is 2.53. The van der Waals surface area contributed by atoms with Gasteiger partial charge in [-0.2, -0.15) is 0 Å². The van der Waals surface area contributed by atoms with Crippen molar-refractivity contribution >= 4 is 28.7 Å². The highest BCUT2D eigenvalue weighted by Crippen LogP contribution is 2.26. The minimum atomic E-state index is -0.873. The number of aromatic nitrogens is 2. The number of likely N-dealkylation sites (tertiary alicyclic amines) is 1. The highest BCUT2D eigenvalue weighted by Gasteiger charge is 2.26. The standard InChI is InChI=1S/C24H27ClN4O3/c1-32-22-8-7-21-23(27-22)19(20(25)13-26-21)10-12-28-11-9-18(14-28)16-29(24(30)31)15-17-5-3-2-4-6-17/h2-8,13,18H,9-12,14-16H2,1H3,(H,30,31)/t18-/m0/s1. The molecule has 0 bridgehead atoms. The molecule has 8 heteroatoms. The molecule has 0 aliphatic carbocycles. The number of fused-ring (bicyclic) bond motifs is 1. The lowest BCUT2D eigenvalue weighted by Gasteiger charge is -2.23. The first-order valence-corrected chi connectivity index (χ1v) is 11.1. The summed E-state index contributed by atoms with van der Waals surface area (Å²) in [6.45, 7) is 3.61. The number of benzene rings is 1. The first kappa shape index (κ1) is 22.3. The molecule has 1 aliphatic heterocycles. The van der Waals surface area contributed by atoms with E-state index in [-0.39, 0.29) is 0 Å². The van der Waals surface area contributed by atoms with Crippen LogP contribution in [0.5, 0.6) is 5.88 Å². The molecule has 168 valence electrons. The van der Waals surface area contributed by atoms with Gasteiger partial charge < -0.3 is 19.6 Å². The predicted octanol–water partition coefficient (Wildman–Crippen LogP) is 4.34. The summed E-state index contributed by atoms with van der Waals surface area (Å²) in [5.41, 5.74) is 3.54. The Balaban J connectivity index is 1.37. The van der Waals surface area contributed by atoms with Gasteiger partial charge in [0.2, 0.25) is 5.88 Å². The van der Waals surface area contributed by atoms with Crippen LogP contribution in [0.3, 0.4) is 0 Å². The molecule has 3 aromatic rings. The monoisotopic (exact) mass is 454 g/mol. The zero-order chi connectivity index (χ0) is 22.5. The van der Waals surface area contributed by atoms with Crippen LogP contribution in [-0.2, 0) is 13.0 Å². The zero-order valence-corrected chi connectivity index (χ0v) is 18.8. The molecule has 3 heterocycles. The summed E-state index contributed by atoms with van der Waals surface area (Å²) in [4.78, 5) is 24.6. The molecule has 7 nitrogen and oxygen atoms in total. The van der Waals surface area contributed by atoms with E-state index in [4.69, 9.17) is 16.3 Å². The number of methoxy groups -OCH3 is 1. The van der Waals surface area contributed by atoms with Gasteiger partial charge in [-0.05, 0) is 36.9 Å². The molecular weight excluding hydrogens is 428 g/mol. The minimum absolute atomic E-state index is 0.317. The largest absolute Gasteiger partial charge is 0.481 e. The number of pyridine rings is 2. The fraction of sp³-hybridized carbons (Fsp3) is 0.375. The van der Waals surface area contributed by atoms with Crippen LogP contribution in [0.25, 0.3) is 11.0 Å². The quantitative estimate of drug-likeness (QED) is 0.545. The van der Waals surface area contributed by atoms with Crippen LogP contribution < -0.4 is 4.74 Å². The average Bonchev–Trinajstić information content (AvgIpc) is 3.25. The number of hydrogen-bond acceptors (Lipinski definition) is 5. The molecule has 1 amide bonds. The zero-order valence-electron chi connectivity index (χ0n) is 18.1. The number of rotatable bonds is 8. The van der Waals surface area contributed by atoms with Crippen molar-refractivity contribution in [3.05, 3.63) is 64.8 Å². The maximum absolute atomic E-state index is 11.8. The fourth-order valence-corrected chi connectivity index (χ4v) is 4.52. The summed E-state index contributed by atoms with van der Waals surface area (Å²) < 4.78 is 5.26. The van der Waals surface area contributed by atoms with Gasteiger partial charge in [-0.25, -0.2) is 9.78 Å². The Labute approximate surface area is 192 Å². The second kappa shape index (κ2) is 10.1. The molecule has 0 spiro atoms. The van der Waals surface area contributed by atoms with E-state index in [1.165, 1.54) is 4.90 Å². The maximum Gasteiger partial charge on any atom is 0.407 e. The van der Waals surface area contributed by atoms with Crippen LogP contribution in [0.1, 0.15) is 17.5 Å². The molecule has 1 aromatic carbocycles. The van der Waals surface area contributed by atoms with Gasteiger partial charge in [0.1, 0.15) is 0 Å². The van der Waals surface area contributed by atoms with Gasteiger partial charge >= 0.3 is 6.09 Å². The first-order valence-electron chi connectivity index (χ1n) is 10.8. The van der Waals surface area contributed by atoms with Crippen LogP contribution >= 0.6 is 11.6 Å². The molecule has 1 N–H and O–H groups in total. The van der Waals surface area contributed by atoms with Crippen molar-refractivity contribution in [2.45, 2.75) is 19.4 Å². The number of amides is 1. The van der Waals surface area contributed by atoms with Crippen LogP contribution in [-0.4, -0.2) is 64.3 Å². The van der Waals surface area contributed by atoms with Gasteiger partial charge in [0, 0.05) is 44.0 Å². The van der Waals surface area contributed by atoms with Crippen molar-refractivity contribution in [3.8, 4) is 5.88 Å². The third-order valence-electron chi connectivity index (χ3n) is 5.96. The van der Waals surface area contributed by atoms with Crippen molar-refractivity contribution in [1.82, 2.24) is 19.8 Å². The first-order chi connectivity index (χ1) is 15.5. The van der Waals surface area contributed by atoms with Crippen molar-refractivity contribution in [2.24, 2.45) is 5.92 Å². The number of hydrogen-bond donors (Lipinski definition) is 1. The van der Waals surface area contributed by atoms with E-state index in [1.807, 2.05) is 36.4 Å². The highest BCUT2D eigenvalue weighted by atomic mass is 35.5. The third-order valence-corrected chi connectivity index (χ3v) is 6.29. The van der Waals surface area contributed by atoms with Crippen molar-refractivity contribution in [3.63, 3.8) is 0 Å². The summed E-state index contributed by atoms with van der Waals surface area (Å²) in [6, 6.07) is 13.4. The molecule has 32 heavy (non-hydrogen) atoms. The van der Waals surface area contributed by atoms with Crippen LogP contribution in [0.2, 0.25) is 5.02 Å². The van der Waals surface area contributed by atoms with Crippen molar-refractivity contribution in [2.75, 3.05) is 33.3 Å². The van der Waals surface area contributed by atoms with Gasteiger partial charge in [0.15, 0.2) is 0 Å². The van der Waals surface area contributed by atoms with E-state index < -0.39 is 6.09 Å². The van der Waals surface area contributed by atoms with E-state index >= 15 is 0 Å². The van der Waals surface area contributed by atoms with Crippen molar-refractivity contribution < 1.29 is 14.6 Å². The highest BCUT2D eigenvalue weighted by molar-refractivity contribution is 6.32. The van der Waals surface area contributed by atoms with E-state index in [9.17, 15) is 9.90 Å². The predicted molar refractivity (Wildman–Crippen MR) is 124 cm³/mol. The molecule has 1 fully saturated rings. The molecule has 0 unspecified atom stereocenters. The van der Waals surface area contributed by atoms with Gasteiger partial charge in [0.05, 0.1) is 23.2 Å². The summed E-state index contributed by atoms with van der Waals surface area (Å²) in [5.74, 6) is 0.855. The van der Waals surface area contributed by atoms with Crippen LogP contribution in [0, 0.1) is 5.92 Å². The fourth-order valence-electron chi connectivity index (χ4n) is 4.29. The van der Waals surface area contributed by atoms with Gasteiger partial charge in [-0.15, -0.1) is 0 Å². The SMILES string of the molecule is COc1ccc2ncc(Cl)c(CCN3CC[C@H](CN(Cc4ccccc4)C(=O)O)C3)c2n1.